The van der Waals surface area contributed by atoms with Gasteiger partial charge in [-0.15, -0.1) is 0 Å². The second-order valence-corrected chi connectivity index (χ2v) is 7.22. The van der Waals surface area contributed by atoms with Crippen LogP contribution in [0, 0.1) is 5.41 Å². The largest absolute Gasteiger partial charge is 0.389 e. The Morgan fingerprint density at radius 3 is 2.42 bits per heavy atom. The third-order valence-corrected chi connectivity index (χ3v) is 6.32. The molecule has 1 saturated carbocycles. The van der Waals surface area contributed by atoms with Crippen LogP contribution in [0.5, 0.6) is 0 Å². The van der Waals surface area contributed by atoms with Gasteiger partial charge in [0, 0.05) is 24.5 Å². The zero-order valence-electron chi connectivity index (χ0n) is 12.2. The maximum Gasteiger partial charge on any atom is 0.0742 e. The van der Waals surface area contributed by atoms with Crippen LogP contribution in [0.25, 0.3) is 0 Å². The Bertz CT molecular complexity index is 312. The summed E-state index contributed by atoms with van der Waals surface area (Å²) in [6.45, 7) is 3.01. The van der Waals surface area contributed by atoms with E-state index in [2.05, 4.69) is 4.90 Å². The van der Waals surface area contributed by atoms with Gasteiger partial charge in [0.1, 0.15) is 0 Å². The topological polar surface area (TPSA) is 49.5 Å². The lowest BCUT2D eigenvalue weighted by molar-refractivity contribution is -0.133. The van der Waals surface area contributed by atoms with Gasteiger partial charge < -0.3 is 15.7 Å². The molecule has 0 spiro atoms. The fourth-order valence-electron chi connectivity index (χ4n) is 4.99. The van der Waals surface area contributed by atoms with Crippen LogP contribution in [0.4, 0.5) is 0 Å². The number of rotatable bonds is 2. The molecule has 3 aliphatic rings. The highest BCUT2D eigenvalue weighted by Crippen LogP contribution is 2.50. The number of hydrogen-bond donors (Lipinski definition) is 2. The Kier molecular flexibility index (Phi) is 3.89. The molecule has 2 atom stereocenters. The highest BCUT2D eigenvalue weighted by Gasteiger charge is 2.52. The molecule has 0 amide bonds. The molecule has 0 aromatic heterocycles. The molecule has 3 fully saturated rings. The van der Waals surface area contributed by atoms with Crippen LogP contribution in [0.15, 0.2) is 0 Å². The Morgan fingerprint density at radius 2 is 1.74 bits per heavy atom. The predicted molar refractivity (Wildman–Crippen MR) is 78.0 cm³/mol. The Morgan fingerprint density at radius 1 is 1.00 bits per heavy atom. The summed E-state index contributed by atoms with van der Waals surface area (Å²) >= 11 is 0. The van der Waals surface area contributed by atoms with Crippen molar-refractivity contribution >= 4 is 0 Å². The SMILES string of the molecule is NCC1(C2(O)CCN3CCCC3C2)CCCCCC1. The number of nitrogens with zero attached hydrogens (tertiary/aromatic N) is 1. The molecule has 3 heteroatoms. The van der Waals surface area contributed by atoms with Crippen LogP contribution < -0.4 is 5.73 Å². The van der Waals surface area contributed by atoms with E-state index in [0.717, 1.165) is 32.2 Å². The predicted octanol–water partition coefficient (Wildman–Crippen LogP) is 2.27. The highest BCUT2D eigenvalue weighted by atomic mass is 16.3. The van der Waals surface area contributed by atoms with E-state index in [-0.39, 0.29) is 5.41 Å². The van der Waals surface area contributed by atoms with E-state index in [0.29, 0.717) is 12.6 Å². The molecule has 3 N–H and O–H groups in total. The summed E-state index contributed by atoms with van der Waals surface area (Å²) in [6.07, 6.45) is 12.0. The normalized spacial score (nSPS) is 39.8. The maximum absolute atomic E-state index is 11.4. The summed E-state index contributed by atoms with van der Waals surface area (Å²) in [5.74, 6) is 0. The van der Waals surface area contributed by atoms with Crippen molar-refractivity contribution in [3.8, 4) is 0 Å². The van der Waals surface area contributed by atoms with Gasteiger partial charge in [-0.2, -0.15) is 0 Å². The van der Waals surface area contributed by atoms with Gasteiger partial charge in [0.25, 0.3) is 0 Å². The molecule has 3 rings (SSSR count). The second-order valence-electron chi connectivity index (χ2n) is 7.22. The third-order valence-electron chi connectivity index (χ3n) is 6.32. The second kappa shape index (κ2) is 5.34. The van der Waals surface area contributed by atoms with Gasteiger partial charge in [-0.05, 0) is 45.1 Å². The summed E-state index contributed by atoms with van der Waals surface area (Å²) in [5.41, 5.74) is 5.71. The molecule has 110 valence electrons. The lowest BCUT2D eigenvalue weighted by atomic mass is 9.62. The minimum atomic E-state index is -0.488. The van der Waals surface area contributed by atoms with Crippen molar-refractivity contribution in [3.63, 3.8) is 0 Å². The molecule has 2 heterocycles. The summed E-state index contributed by atoms with van der Waals surface area (Å²) < 4.78 is 0. The molecule has 3 nitrogen and oxygen atoms in total. The monoisotopic (exact) mass is 266 g/mol. The number of nitrogens with two attached hydrogens (primary N) is 1. The van der Waals surface area contributed by atoms with E-state index in [1.807, 2.05) is 0 Å². The number of piperidine rings is 1. The minimum Gasteiger partial charge on any atom is -0.389 e. The van der Waals surface area contributed by atoms with Gasteiger partial charge in [-0.3, -0.25) is 0 Å². The summed E-state index contributed by atoms with van der Waals surface area (Å²) in [4.78, 5) is 2.59. The molecule has 19 heavy (non-hydrogen) atoms. The lowest BCUT2D eigenvalue weighted by Crippen LogP contribution is -2.59. The molecule has 2 aliphatic heterocycles. The van der Waals surface area contributed by atoms with Crippen molar-refractivity contribution < 1.29 is 5.11 Å². The molecule has 0 aromatic carbocycles. The van der Waals surface area contributed by atoms with Crippen LogP contribution in [-0.2, 0) is 0 Å². The van der Waals surface area contributed by atoms with Gasteiger partial charge in [0.15, 0.2) is 0 Å². The standard InChI is InChI=1S/C16H30N2O/c17-13-15(7-3-1-2-4-8-15)16(19)9-11-18-10-5-6-14(18)12-16/h14,19H,1-13,17H2. The minimum absolute atomic E-state index is 0.0121. The zero-order chi connectivity index (χ0) is 13.3. The fourth-order valence-corrected chi connectivity index (χ4v) is 4.99. The van der Waals surface area contributed by atoms with Crippen molar-refractivity contribution in [2.24, 2.45) is 11.1 Å². The first-order valence-corrected chi connectivity index (χ1v) is 8.36. The van der Waals surface area contributed by atoms with Gasteiger partial charge in [-0.25, -0.2) is 0 Å². The first kappa shape index (κ1) is 13.8. The molecule has 0 aromatic rings. The van der Waals surface area contributed by atoms with Crippen LogP contribution in [0.2, 0.25) is 0 Å². The average Bonchev–Trinajstić information content (AvgIpc) is 2.73. The average molecular weight is 266 g/mol. The highest BCUT2D eigenvalue weighted by molar-refractivity contribution is 5.06. The van der Waals surface area contributed by atoms with Gasteiger partial charge >= 0.3 is 0 Å². The summed E-state index contributed by atoms with van der Waals surface area (Å²) in [6, 6.07) is 0.630. The lowest BCUT2D eigenvalue weighted by Gasteiger charge is -2.52. The van der Waals surface area contributed by atoms with E-state index in [9.17, 15) is 5.11 Å². The van der Waals surface area contributed by atoms with Gasteiger partial charge in [0.05, 0.1) is 5.60 Å². The van der Waals surface area contributed by atoms with Gasteiger partial charge in [0.2, 0.25) is 0 Å². The Balaban J connectivity index is 1.80. The zero-order valence-corrected chi connectivity index (χ0v) is 12.2. The quantitative estimate of drug-likeness (QED) is 0.754. The molecular formula is C16H30N2O. The smallest absolute Gasteiger partial charge is 0.0742 e. The van der Waals surface area contributed by atoms with Crippen molar-refractivity contribution in [1.82, 2.24) is 4.90 Å². The van der Waals surface area contributed by atoms with Crippen molar-refractivity contribution in [1.29, 1.82) is 0 Å². The first-order chi connectivity index (χ1) is 9.19. The molecule has 1 aliphatic carbocycles. The Labute approximate surface area is 117 Å². The summed E-state index contributed by atoms with van der Waals surface area (Å²) in [5, 5.41) is 11.4. The Hall–Kier alpha value is -0.120. The number of hydrogen-bond acceptors (Lipinski definition) is 3. The molecular weight excluding hydrogens is 236 g/mol. The van der Waals surface area contributed by atoms with Crippen molar-refractivity contribution in [3.05, 3.63) is 0 Å². The first-order valence-electron chi connectivity index (χ1n) is 8.36. The molecule has 0 bridgehead atoms. The molecule has 2 saturated heterocycles. The van der Waals surface area contributed by atoms with Crippen molar-refractivity contribution in [2.45, 2.75) is 75.9 Å². The van der Waals surface area contributed by atoms with Crippen molar-refractivity contribution in [2.75, 3.05) is 19.6 Å². The van der Waals surface area contributed by atoms with E-state index >= 15 is 0 Å². The maximum atomic E-state index is 11.4. The molecule has 0 radical (unpaired) electrons. The van der Waals surface area contributed by atoms with E-state index in [1.165, 1.54) is 45.1 Å². The summed E-state index contributed by atoms with van der Waals surface area (Å²) in [7, 11) is 0. The van der Waals surface area contributed by atoms with Crippen LogP contribution in [-0.4, -0.2) is 41.3 Å². The van der Waals surface area contributed by atoms with Crippen LogP contribution in [0.1, 0.15) is 64.2 Å². The van der Waals surface area contributed by atoms with Crippen LogP contribution in [0.3, 0.4) is 0 Å². The fraction of sp³-hybridized carbons (Fsp3) is 1.00. The number of fused-ring (bicyclic) bond motifs is 1. The number of aliphatic hydroxyl groups is 1. The van der Waals surface area contributed by atoms with E-state index < -0.39 is 5.60 Å². The van der Waals surface area contributed by atoms with E-state index in [1.54, 1.807) is 0 Å². The third kappa shape index (κ3) is 2.34. The molecule has 2 unspecified atom stereocenters. The van der Waals surface area contributed by atoms with Gasteiger partial charge in [-0.1, -0.05) is 25.7 Å². The van der Waals surface area contributed by atoms with E-state index in [4.69, 9.17) is 5.73 Å². The van der Waals surface area contributed by atoms with Crippen LogP contribution >= 0.6 is 0 Å².